The van der Waals surface area contributed by atoms with Gasteiger partial charge >= 0.3 is 6.03 Å². The minimum absolute atomic E-state index is 0.0373. The minimum Gasteiger partial charge on any atom is -0.493 e. The van der Waals surface area contributed by atoms with Crippen LogP contribution in [0.2, 0.25) is 0 Å². The number of nitrogens with one attached hydrogen (secondary N) is 3. The van der Waals surface area contributed by atoms with Crippen molar-refractivity contribution in [1.82, 2.24) is 15.2 Å². The number of benzene rings is 1. The van der Waals surface area contributed by atoms with Crippen molar-refractivity contribution in [3.8, 4) is 5.75 Å². The van der Waals surface area contributed by atoms with Gasteiger partial charge in [0.05, 0.1) is 36.3 Å². The van der Waals surface area contributed by atoms with Gasteiger partial charge in [0.1, 0.15) is 23.5 Å². The van der Waals surface area contributed by atoms with Crippen molar-refractivity contribution in [2.75, 3.05) is 30.3 Å². The summed E-state index contributed by atoms with van der Waals surface area (Å²) in [5, 5.41) is 10.3. The molecule has 1 fully saturated rings. The van der Waals surface area contributed by atoms with Crippen LogP contribution in [-0.2, 0) is 19.4 Å². The lowest BCUT2D eigenvalue weighted by molar-refractivity contribution is 0.159. The molecule has 1 saturated heterocycles. The number of carbonyl (C=O) groups excluding carboxylic acids is 1. The number of rotatable bonds is 7. The molecule has 1 atom stereocenters. The van der Waals surface area contributed by atoms with Gasteiger partial charge in [0.2, 0.25) is 0 Å². The quantitative estimate of drug-likeness (QED) is 0.230. The van der Waals surface area contributed by atoms with Crippen LogP contribution in [0.15, 0.2) is 88.2 Å². The monoisotopic (exact) mass is 632 g/mol. The highest BCUT2D eigenvalue weighted by Crippen LogP contribution is 2.28. The van der Waals surface area contributed by atoms with E-state index >= 15 is 0 Å². The number of hydrogen-bond donors (Lipinski definition) is 3. The van der Waals surface area contributed by atoms with Gasteiger partial charge in [-0.1, -0.05) is 23.8 Å². The van der Waals surface area contributed by atoms with Crippen molar-refractivity contribution < 1.29 is 13.9 Å². The number of aromatic nitrogens is 1. The number of likely N-dealkylation sites (tertiary alicyclic amines) is 1. The van der Waals surface area contributed by atoms with E-state index in [0.29, 0.717) is 29.9 Å². The highest BCUT2D eigenvalue weighted by Gasteiger charge is 2.23. The number of hydrogen-bond acceptors (Lipinski definition) is 7. The summed E-state index contributed by atoms with van der Waals surface area (Å²) in [5.74, 6) is 2.76. The number of allylic oxidation sites excluding steroid dienone is 2. The van der Waals surface area contributed by atoms with Gasteiger partial charge in [0.25, 0.3) is 0 Å². The molecule has 4 bridgehead atoms. The Morgan fingerprint density at radius 1 is 1.18 bits per heavy atom. The van der Waals surface area contributed by atoms with Crippen LogP contribution in [0.1, 0.15) is 56.9 Å². The molecule has 2 aliphatic rings. The third kappa shape index (κ3) is 10.4. The van der Waals surface area contributed by atoms with Crippen LogP contribution in [0.25, 0.3) is 0 Å². The molecule has 3 N–H and O–H groups in total. The fourth-order valence-corrected chi connectivity index (χ4v) is 5.41. The lowest BCUT2D eigenvalue weighted by Gasteiger charge is -2.32. The number of pyridine rings is 1. The fourth-order valence-electron chi connectivity index (χ4n) is 5.32. The molecule has 2 aliphatic heterocycles. The molecular formula is C35H45ClN6O3. The van der Waals surface area contributed by atoms with Gasteiger partial charge in [-0.05, 0) is 106 Å². The Hall–Kier alpha value is -4.24. The number of ether oxygens (including phenoxy) is 1. The third-order valence-corrected chi connectivity index (χ3v) is 8.06. The van der Waals surface area contributed by atoms with E-state index in [9.17, 15) is 4.79 Å². The number of carbonyl (C=O) groups is 1. The molecule has 10 heteroatoms. The number of halogens is 1. The summed E-state index contributed by atoms with van der Waals surface area (Å²) in [4.78, 5) is 23.6. The SMILES string of the molecule is C/C=C(Cl)\C1=N/C(C)Nc2cncc(c2)CCc2cc(ccc2OCCC2CCN(C(=O)NCc3ccco3)CC2)N1.C=CC. The number of anilines is 2. The maximum Gasteiger partial charge on any atom is 0.317 e. The largest absolute Gasteiger partial charge is 0.493 e. The lowest BCUT2D eigenvalue weighted by atomic mass is 9.94. The van der Waals surface area contributed by atoms with Crippen molar-refractivity contribution in [1.29, 1.82) is 0 Å². The smallest absolute Gasteiger partial charge is 0.317 e. The number of fused-ring (bicyclic) bond motifs is 4. The van der Waals surface area contributed by atoms with Crippen LogP contribution in [0.4, 0.5) is 16.2 Å². The third-order valence-electron chi connectivity index (χ3n) is 7.66. The summed E-state index contributed by atoms with van der Waals surface area (Å²) in [7, 11) is 0. The summed E-state index contributed by atoms with van der Waals surface area (Å²) < 4.78 is 11.7. The number of nitrogens with zero attached hydrogens (tertiary/aromatic N) is 3. The second-order valence-corrected chi connectivity index (χ2v) is 11.6. The average molecular weight is 633 g/mol. The Kier molecular flexibility index (Phi) is 12.9. The molecule has 1 unspecified atom stereocenters. The Morgan fingerprint density at radius 2 is 1.98 bits per heavy atom. The van der Waals surface area contributed by atoms with Gasteiger partial charge in [-0.15, -0.1) is 6.58 Å². The second kappa shape index (κ2) is 17.3. The highest BCUT2D eigenvalue weighted by molar-refractivity contribution is 6.44. The molecule has 2 aromatic heterocycles. The summed E-state index contributed by atoms with van der Waals surface area (Å²) in [5.41, 5.74) is 4.09. The first-order valence-corrected chi connectivity index (χ1v) is 16.0. The van der Waals surface area contributed by atoms with Crippen LogP contribution >= 0.6 is 11.6 Å². The zero-order valence-corrected chi connectivity index (χ0v) is 27.3. The molecule has 1 aromatic carbocycles. The number of amides is 2. The topological polar surface area (TPSA) is 104 Å². The maximum absolute atomic E-state index is 12.5. The van der Waals surface area contributed by atoms with Crippen molar-refractivity contribution in [3.05, 3.63) is 95.7 Å². The van der Waals surface area contributed by atoms with Crippen LogP contribution < -0.4 is 20.7 Å². The summed E-state index contributed by atoms with van der Waals surface area (Å²) in [6.45, 7) is 11.7. The molecule has 0 spiro atoms. The van der Waals surface area contributed by atoms with Gasteiger partial charge in [0, 0.05) is 25.0 Å². The number of amidine groups is 1. The van der Waals surface area contributed by atoms with E-state index in [-0.39, 0.29) is 12.2 Å². The summed E-state index contributed by atoms with van der Waals surface area (Å²) in [6.07, 6.45) is 13.2. The first-order valence-electron chi connectivity index (χ1n) is 15.6. The second-order valence-electron chi connectivity index (χ2n) is 11.2. The van der Waals surface area contributed by atoms with E-state index in [4.69, 9.17) is 25.7 Å². The molecule has 0 saturated carbocycles. The van der Waals surface area contributed by atoms with Crippen molar-refractivity contribution in [2.45, 2.75) is 65.6 Å². The van der Waals surface area contributed by atoms with Crippen LogP contribution in [-0.4, -0.2) is 47.6 Å². The average Bonchev–Trinajstić information content (AvgIpc) is 3.57. The summed E-state index contributed by atoms with van der Waals surface area (Å²) in [6, 6.07) is 11.9. The van der Waals surface area contributed by atoms with Crippen LogP contribution in [0.3, 0.4) is 0 Å². The van der Waals surface area contributed by atoms with Gasteiger partial charge in [0.15, 0.2) is 0 Å². The van der Waals surface area contributed by atoms with E-state index in [1.807, 2.05) is 68.4 Å². The van der Waals surface area contributed by atoms with Crippen molar-refractivity contribution >= 4 is 34.8 Å². The van der Waals surface area contributed by atoms with E-state index in [0.717, 1.165) is 79.2 Å². The number of aliphatic imine (C=N–C) groups is 1. The number of urea groups is 1. The van der Waals surface area contributed by atoms with Gasteiger partial charge < -0.3 is 30.0 Å². The molecule has 0 aliphatic carbocycles. The van der Waals surface area contributed by atoms with E-state index < -0.39 is 0 Å². The normalized spacial score (nSPS) is 18.2. The number of furan rings is 1. The molecule has 5 rings (SSSR count). The first-order chi connectivity index (χ1) is 21.9. The molecular weight excluding hydrogens is 588 g/mol. The molecule has 3 aromatic rings. The van der Waals surface area contributed by atoms with Gasteiger partial charge in [-0.3, -0.25) is 4.98 Å². The Morgan fingerprint density at radius 3 is 2.71 bits per heavy atom. The Balaban J connectivity index is 0.00000148. The Bertz CT molecular complexity index is 1450. The molecule has 45 heavy (non-hydrogen) atoms. The molecule has 4 heterocycles. The molecule has 2 amide bonds. The standard InChI is InChI=1S/C32H39ClN6O3.C3H6/c1-3-29(33)31-37-22(2)36-27-17-24(19-34-20-27)6-7-25-18-26(38-31)8-9-30(25)42-16-12-23-10-13-39(14-11-23)32(40)35-21-28-5-4-15-41-28;1-3-2/h3-5,8-9,15,17-20,22-23,36H,6-7,10-14,16,21H2,1-2H3,(H,35,40)(H,37,38);3H,1H2,2H3/b29-3+;. The van der Waals surface area contributed by atoms with E-state index in [1.54, 1.807) is 12.3 Å². The number of aryl methyl sites for hydroxylation is 2. The van der Waals surface area contributed by atoms with Crippen LogP contribution in [0.5, 0.6) is 5.75 Å². The Labute approximate surface area is 271 Å². The highest BCUT2D eigenvalue weighted by atomic mass is 35.5. The van der Waals surface area contributed by atoms with Gasteiger partial charge in [-0.25, -0.2) is 9.79 Å². The molecule has 240 valence electrons. The van der Waals surface area contributed by atoms with Crippen LogP contribution in [0, 0.1) is 5.92 Å². The summed E-state index contributed by atoms with van der Waals surface area (Å²) >= 11 is 6.52. The molecule has 9 nitrogen and oxygen atoms in total. The zero-order valence-electron chi connectivity index (χ0n) is 26.5. The predicted octanol–water partition coefficient (Wildman–Crippen LogP) is 7.77. The molecule has 0 radical (unpaired) electrons. The van der Waals surface area contributed by atoms with E-state index in [1.165, 1.54) is 0 Å². The fraction of sp³-hybridized carbons (Fsp3) is 0.400. The van der Waals surface area contributed by atoms with Crippen molar-refractivity contribution in [3.63, 3.8) is 0 Å². The van der Waals surface area contributed by atoms with Gasteiger partial charge in [-0.2, -0.15) is 0 Å². The van der Waals surface area contributed by atoms with E-state index in [2.05, 4.69) is 39.6 Å². The number of piperidine rings is 1. The predicted molar refractivity (Wildman–Crippen MR) is 183 cm³/mol. The maximum atomic E-state index is 12.5. The first kappa shape index (κ1) is 33.6. The minimum atomic E-state index is -0.205. The zero-order chi connectivity index (χ0) is 32.0. The lowest BCUT2D eigenvalue weighted by Crippen LogP contribution is -2.44. The van der Waals surface area contributed by atoms with Crippen molar-refractivity contribution in [2.24, 2.45) is 10.9 Å².